The van der Waals surface area contributed by atoms with Gasteiger partial charge in [0.2, 0.25) is 0 Å². The van der Waals surface area contributed by atoms with E-state index in [9.17, 15) is 19.0 Å². The molecule has 0 rings (SSSR count). The molecule has 3 unspecified atom stereocenters. The number of phosphoric acid groups is 1. The molecule has 0 bridgehead atoms. The molecule has 3 atom stereocenters. The molecule has 0 aliphatic carbocycles. The van der Waals surface area contributed by atoms with Crippen molar-refractivity contribution >= 4 is 19.8 Å². The van der Waals surface area contributed by atoms with Crippen LogP contribution in [-0.2, 0) is 32.7 Å². The topological polar surface area (TPSA) is 155 Å². The standard InChI is InChI=1S/C42H72NO9P/c1-3-5-7-9-11-12-13-14-15-16-17-18-19-20-21-22-23-24-25-26-27-29-31-33-35-49-36-39(37-50-53(47,48)51-38-40(43)42(45)46)52-41(44)34-32-30-28-10-8-6-4-2/h5,7,11-12,14-15,17-18,20-21,23-24,39-40H,3-4,6,8-10,13,16,19,22,25-38,43H2,1-2H3,(H,45,46)(H,47,48)/b7-5-,12-11-,15-14-,18-17-,21-20-,24-23-. The van der Waals surface area contributed by atoms with E-state index >= 15 is 0 Å². The Bertz CT molecular complexity index is 1120. The summed E-state index contributed by atoms with van der Waals surface area (Å²) in [6, 6.07) is -1.48. The molecule has 0 aliphatic rings. The Balaban J connectivity index is 4.18. The zero-order valence-corrected chi connectivity index (χ0v) is 33.7. The molecular formula is C42H72NO9P. The van der Waals surface area contributed by atoms with Crippen LogP contribution in [0.5, 0.6) is 0 Å². The van der Waals surface area contributed by atoms with E-state index in [2.05, 4.69) is 91.3 Å². The predicted molar refractivity (Wildman–Crippen MR) is 217 cm³/mol. The summed E-state index contributed by atoms with van der Waals surface area (Å²) in [4.78, 5) is 33.2. The van der Waals surface area contributed by atoms with Crippen LogP contribution in [0.1, 0.15) is 142 Å². The van der Waals surface area contributed by atoms with Gasteiger partial charge >= 0.3 is 19.8 Å². The first-order chi connectivity index (χ1) is 25.7. The van der Waals surface area contributed by atoms with E-state index in [0.29, 0.717) is 13.0 Å². The SMILES string of the molecule is CC/C=C\C/C=C\C/C=C\C/C=C\C/C=C\C/C=C\CCCCCCCOCC(COP(=O)(O)OCC(N)C(=O)O)OC(=O)CCCCCCCCC. The van der Waals surface area contributed by atoms with E-state index in [1.54, 1.807) is 0 Å². The fourth-order valence-electron chi connectivity index (χ4n) is 4.90. The zero-order chi connectivity index (χ0) is 39.1. The van der Waals surface area contributed by atoms with Gasteiger partial charge in [0.15, 0.2) is 0 Å². The van der Waals surface area contributed by atoms with Crippen LogP contribution in [0.4, 0.5) is 0 Å². The third-order valence-corrected chi connectivity index (χ3v) is 8.95. The molecule has 0 radical (unpaired) electrons. The number of ether oxygens (including phenoxy) is 2. The summed E-state index contributed by atoms with van der Waals surface area (Å²) in [5.74, 6) is -1.80. The second-order valence-electron chi connectivity index (χ2n) is 13.0. The van der Waals surface area contributed by atoms with Crippen LogP contribution in [0.25, 0.3) is 0 Å². The highest BCUT2D eigenvalue weighted by Crippen LogP contribution is 2.43. The van der Waals surface area contributed by atoms with Crippen molar-refractivity contribution in [2.75, 3.05) is 26.4 Å². The molecule has 0 aromatic rings. The Morgan fingerprint density at radius 1 is 0.623 bits per heavy atom. The summed E-state index contributed by atoms with van der Waals surface area (Å²) in [5, 5.41) is 8.85. The number of nitrogens with two attached hydrogens (primary N) is 1. The van der Waals surface area contributed by atoms with Gasteiger partial charge in [-0.15, -0.1) is 0 Å². The molecule has 0 aromatic heterocycles. The third kappa shape index (κ3) is 37.5. The van der Waals surface area contributed by atoms with Gasteiger partial charge in [0.1, 0.15) is 12.1 Å². The minimum Gasteiger partial charge on any atom is -0.480 e. The third-order valence-electron chi connectivity index (χ3n) is 8.00. The summed E-state index contributed by atoms with van der Waals surface area (Å²) in [6.45, 7) is 3.63. The molecule has 0 saturated carbocycles. The summed E-state index contributed by atoms with van der Waals surface area (Å²) in [5.41, 5.74) is 5.33. The Morgan fingerprint density at radius 2 is 1.09 bits per heavy atom. The Kier molecular flexibility index (Phi) is 35.9. The quantitative estimate of drug-likeness (QED) is 0.0241. The van der Waals surface area contributed by atoms with E-state index in [4.69, 9.17) is 24.8 Å². The lowest BCUT2D eigenvalue weighted by Crippen LogP contribution is -2.34. The van der Waals surface area contributed by atoms with Gasteiger partial charge in [0.25, 0.3) is 0 Å². The monoisotopic (exact) mass is 765 g/mol. The van der Waals surface area contributed by atoms with Crippen LogP contribution in [0, 0.1) is 0 Å². The minimum absolute atomic E-state index is 0.0000803. The van der Waals surface area contributed by atoms with E-state index < -0.39 is 45.1 Å². The number of unbranched alkanes of at least 4 members (excludes halogenated alkanes) is 11. The maximum Gasteiger partial charge on any atom is 0.472 e. The first-order valence-electron chi connectivity index (χ1n) is 20.0. The number of esters is 1. The van der Waals surface area contributed by atoms with Gasteiger partial charge in [-0.1, -0.05) is 145 Å². The van der Waals surface area contributed by atoms with Crippen LogP contribution in [0.15, 0.2) is 72.9 Å². The van der Waals surface area contributed by atoms with Crippen LogP contribution in [0.2, 0.25) is 0 Å². The van der Waals surface area contributed by atoms with Gasteiger partial charge in [-0.25, -0.2) is 4.57 Å². The van der Waals surface area contributed by atoms with E-state index in [0.717, 1.165) is 96.3 Å². The number of aliphatic carboxylic acids is 1. The lowest BCUT2D eigenvalue weighted by atomic mass is 10.1. The Morgan fingerprint density at radius 3 is 1.64 bits per heavy atom. The molecular weight excluding hydrogens is 693 g/mol. The number of hydrogen-bond donors (Lipinski definition) is 3. The molecule has 0 fully saturated rings. The van der Waals surface area contributed by atoms with Gasteiger partial charge in [0.05, 0.1) is 19.8 Å². The molecule has 0 heterocycles. The molecule has 0 spiro atoms. The molecule has 0 aliphatic heterocycles. The average Bonchev–Trinajstić information content (AvgIpc) is 3.13. The largest absolute Gasteiger partial charge is 0.480 e. The fraction of sp³-hybridized carbons (Fsp3) is 0.667. The van der Waals surface area contributed by atoms with Gasteiger partial charge in [0, 0.05) is 13.0 Å². The van der Waals surface area contributed by atoms with Crippen LogP contribution >= 0.6 is 7.82 Å². The molecule has 0 amide bonds. The van der Waals surface area contributed by atoms with Crippen molar-refractivity contribution in [1.29, 1.82) is 0 Å². The first kappa shape index (κ1) is 50.4. The minimum atomic E-state index is -4.61. The van der Waals surface area contributed by atoms with Crippen molar-refractivity contribution in [2.45, 2.75) is 154 Å². The van der Waals surface area contributed by atoms with Crippen molar-refractivity contribution in [2.24, 2.45) is 5.73 Å². The zero-order valence-electron chi connectivity index (χ0n) is 32.8. The second kappa shape index (κ2) is 37.7. The number of carbonyl (C=O) groups is 2. The maximum absolute atomic E-state index is 12.5. The number of carboxylic acids is 1. The molecule has 304 valence electrons. The molecule has 53 heavy (non-hydrogen) atoms. The molecule has 11 heteroatoms. The van der Waals surface area contributed by atoms with E-state index in [1.807, 2.05) is 0 Å². The molecule has 0 saturated heterocycles. The highest BCUT2D eigenvalue weighted by Gasteiger charge is 2.27. The number of carbonyl (C=O) groups excluding carboxylic acids is 1. The molecule has 0 aromatic carbocycles. The fourth-order valence-corrected chi connectivity index (χ4v) is 5.68. The van der Waals surface area contributed by atoms with Crippen molar-refractivity contribution in [3.05, 3.63) is 72.9 Å². The number of carboxylic acid groups (broad SMARTS) is 1. The highest BCUT2D eigenvalue weighted by molar-refractivity contribution is 7.47. The van der Waals surface area contributed by atoms with E-state index in [1.165, 1.54) is 19.3 Å². The first-order valence-corrected chi connectivity index (χ1v) is 21.5. The smallest absolute Gasteiger partial charge is 0.472 e. The van der Waals surface area contributed by atoms with Crippen molar-refractivity contribution in [3.63, 3.8) is 0 Å². The van der Waals surface area contributed by atoms with Gasteiger partial charge < -0.3 is 25.2 Å². The van der Waals surface area contributed by atoms with Gasteiger partial charge in [-0.3, -0.25) is 18.6 Å². The number of allylic oxidation sites excluding steroid dienone is 12. The summed E-state index contributed by atoms with van der Waals surface area (Å²) in [6.07, 6.45) is 45.5. The van der Waals surface area contributed by atoms with Crippen molar-refractivity contribution in [3.8, 4) is 0 Å². The Hall–Kier alpha value is -2.59. The summed E-state index contributed by atoms with van der Waals surface area (Å²) < 4.78 is 33.1. The van der Waals surface area contributed by atoms with Crippen LogP contribution < -0.4 is 5.73 Å². The molecule has 10 nitrogen and oxygen atoms in total. The molecule has 4 N–H and O–H groups in total. The van der Waals surface area contributed by atoms with Gasteiger partial charge in [-0.2, -0.15) is 0 Å². The summed E-state index contributed by atoms with van der Waals surface area (Å²) >= 11 is 0. The maximum atomic E-state index is 12.5. The second-order valence-corrected chi connectivity index (χ2v) is 14.5. The van der Waals surface area contributed by atoms with Crippen molar-refractivity contribution in [1.82, 2.24) is 0 Å². The van der Waals surface area contributed by atoms with Gasteiger partial charge in [-0.05, 0) is 64.2 Å². The highest BCUT2D eigenvalue weighted by atomic mass is 31.2. The lowest BCUT2D eigenvalue weighted by Gasteiger charge is -2.20. The van der Waals surface area contributed by atoms with Crippen LogP contribution in [-0.4, -0.2) is 60.5 Å². The van der Waals surface area contributed by atoms with Crippen LogP contribution in [0.3, 0.4) is 0 Å². The lowest BCUT2D eigenvalue weighted by molar-refractivity contribution is -0.154. The average molecular weight is 766 g/mol. The number of phosphoric ester groups is 1. The van der Waals surface area contributed by atoms with Crippen molar-refractivity contribution < 1.29 is 42.7 Å². The summed E-state index contributed by atoms with van der Waals surface area (Å²) in [7, 11) is -4.61. The predicted octanol–water partition coefficient (Wildman–Crippen LogP) is 10.6. The normalized spacial score (nSPS) is 14.8. The number of hydrogen-bond acceptors (Lipinski definition) is 8. The number of rotatable bonds is 37. The Labute approximate surface area is 321 Å². The van der Waals surface area contributed by atoms with E-state index in [-0.39, 0.29) is 13.0 Å².